The number of nitrogens with zero attached hydrogens (tertiary/aromatic N) is 2. The summed E-state index contributed by atoms with van der Waals surface area (Å²) in [6, 6.07) is 42.2. The first-order valence-electron chi connectivity index (χ1n) is 20.1. The molecule has 0 amide bonds. The predicted octanol–water partition coefficient (Wildman–Crippen LogP) is 13.0. The largest absolute Gasteiger partial charge is 0.501 e. The standard InChI is InChI=1S/C30H26NO.C19H24NSi.Ir/c1-3-8-21(9-4-1)18-22-16-17-31-28(19-22)26-13-7-12-25-27-20-24(23-10-5-2-6-11-23)14-15-29(27)32-30(25)26;1-21(2,3)19-14-20-18(16-11-5-4-6-12-16)13-17(19)15-9-7-8-10-15;/h2,5-7,10-12,14-17,19-21H,1,3-4,8-9,18H2;4-6,11,13-15H,7-10H2,1-3H3;/q2*-1;/i;15D;. The molecule has 2 fully saturated rings. The zero-order chi connectivity index (χ0) is 37.1. The van der Waals surface area contributed by atoms with Gasteiger partial charge in [0, 0.05) is 39.3 Å². The van der Waals surface area contributed by atoms with Crippen molar-refractivity contribution in [2.24, 2.45) is 5.92 Å². The van der Waals surface area contributed by atoms with Crippen molar-refractivity contribution in [1.29, 1.82) is 0 Å². The Kier molecular flexibility index (Phi) is 11.7. The van der Waals surface area contributed by atoms with E-state index < -0.39 is 14.0 Å². The maximum absolute atomic E-state index is 8.99. The summed E-state index contributed by atoms with van der Waals surface area (Å²) in [5.74, 6) is 0.392. The van der Waals surface area contributed by atoms with Crippen LogP contribution in [0.1, 0.15) is 76.2 Å². The molecule has 2 aliphatic carbocycles. The van der Waals surface area contributed by atoms with Crippen LogP contribution < -0.4 is 5.19 Å². The van der Waals surface area contributed by atoms with Crippen molar-refractivity contribution in [1.82, 2.24) is 9.97 Å². The number of pyridine rings is 2. The van der Waals surface area contributed by atoms with Crippen LogP contribution in [-0.4, -0.2) is 18.0 Å². The predicted molar refractivity (Wildman–Crippen MR) is 224 cm³/mol. The average molecular weight is 904 g/mol. The molecule has 7 aromatic rings. The van der Waals surface area contributed by atoms with E-state index in [1.807, 2.05) is 48.8 Å². The van der Waals surface area contributed by atoms with E-state index in [2.05, 4.69) is 98.5 Å². The van der Waals surface area contributed by atoms with E-state index in [0.717, 1.165) is 69.6 Å². The zero-order valence-electron chi connectivity index (χ0n) is 32.8. The van der Waals surface area contributed by atoms with Crippen LogP contribution in [0.3, 0.4) is 0 Å². The van der Waals surface area contributed by atoms with Gasteiger partial charge < -0.3 is 14.4 Å². The van der Waals surface area contributed by atoms with Crippen molar-refractivity contribution in [2.45, 2.75) is 89.7 Å². The van der Waals surface area contributed by atoms with Crippen molar-refractivity contribution in [3.8, 4) is 33.6 Å². The number of rotatable bonds is 7. The van der Waals surface area contributed by atoms with Gasteiger partial charge in [0.2, 0.25) is 0 Å². The average Bonchev–Trinajstić information content (AvgIpc) is 3.83. The van der Waals surface area contributed by atoms with Gasteiger partial charge in [-0.3, -0.25) is 0 Å². The van der Waals surface area contributed by atoms with E-state index in [-0.39, 0.29) is 20.1 Å². The van der Waals surface area contributed by atoms with Gasteiger partial charge in [0.15, 0.2) is 0 Å². The second-order valence-electron chi connectivity index (χ2n) is 16.0. The molecule has 5 heteroatoms. The first-order chi connectivity index (χ1) is 26.2. The topological polar surface area (TPSA) is 38.9 Å². The third-order valence-corrected chi connectivity index (χ3v) is 13.2. The van der Waals surface area contributed by atoms with Crippen LogP contribution in [0.4, 0.5) is 0 Å². The Balaban J connectivity index is 0.000000178. The molecule has 277 valence electrons. The molecule has 9 rings (SSSR count). The molecule has 1 radical (unpaired) electrons. The molecule has 2 aliphatic rings. The molecule has 2 saturated carbocycles. The third-order valence-electron chi connectivity index (χ3n) is 11.2. The smallest absolute Gasteiger partial charge is 0.120 e. The first-order valence-corrected chi connectivity index (χ1v) is 23.1. The summed E-state index contributed by atoms with van der Waals surface area (Å²) < 4.78 is 15.3. The molecule has 0 saturated heterocycles. The summed E-state index contributed by atoms with van der Waals surface area (Å²) in [4.78, 5) is 9.40. The van der Waals surface area contributed by atoms with Crippen LogP contribution in [0.25, 0.3) is 55.6 Å². The Bertz CT molecular complexity index is 2360. The molecular formula is C49H50IrN2OSi-2. The third kappa shape index (κ3) is 8.55. The van der Waals surface area contributed by atoms with Crippen molar-refractivity contribution in [2.75, 3.05) is 0 Å². The molecule has 3 heterocycles. The summed E-state index contributed by atoms with van der Waals surface area (Å²) >= 11 is 0. The molecule has 3 aromatic heterocycles. The van der Waals surface area contributed by atoms with E-state index in [1.165, 1.54) is 72.4 Å². The second-order valence-corrected chi connectivity index (χ2v) is 21.0. The summed E-state index contributed by atoms with van der Waals surface area (Å²) in [6.45, 7) is 7.04. The van der Waals surface area contributed by atoms with E-state index in [1.54, 1.807) is 0 Å². The van der Waals surface area contributed by atoms with E-state index >= 15 is 0 Å². The quantitative estimate of drug-likeness (QED) is 0.118. The van der Waals surface area contributed by atoms with Crippen LogP contribution in [0.2, 0.25) is 19.6 Å². The number of hydrogen-bond acceptors (Lipinski definition) is 3. The fraction of sp³-hybridized carbons (Fsp3) is 0.306. The summed E-state index contributed by atoms with van der Waals surface area (Å²) in [5.41, 5.74) is 10.7. The Morgan fingerprint density at radius 2 is 1.50 bits per heavy atom. The van der Waals surface area contributed by atoms with Crippen molar-refractivity contribution in [3.05, 3.63) is 139 Å². The molecule has 0 spiro atoms. The van der Waals surface area contributed by atoms with Gasteiger partial charge in [-0.25, -0.2) is 0 Å². The molecule has 0 atom stereocenters. The maximum atomic E-state index is 8.99. The Morgan fingerprint density at radius 1 is 0.722 bits per heavy atom. The van der Waals surface area contributed by atoms with Crippen LogP contribution in [0.15, 0.2) is 120 Å². The monoisotopic (exact) mass is 904 g/mol. The Morgan fingerprint density at radius 3 is 2.26 bits per heavy atom. The number of hydrogen-bond donors (Lipinski definition) is 0. The molecule has 0 aliphatic heterocycles. The summed E-state index contributed by atoms with van der Waals surface area (Å²) in [7, 11) is -1.51. The molecule has 3 nitrogen and oxygen atoms in total. The Hall–Kier alpha value is -4.15. The van der Waals surface area contributed by atoms with Crippen LogP contribution in [0, 0.1) is 18.1 Å². The van der Waals surface area contributed by atoms with Gasteiger partial charge >= 0.3 is 0 Å². The fourth-order valence-corrected chi connectivity index (χ4v) is 9.83. The number of benzene rings is 4. The SMILES string of the molecule is [2H]C1(c2cc(-c3[c-]cccc3)ncc2[Si](C)(C)C)CCCC1.[Ir].[c-]1ccc2c(oc3ccc(-c4ccccc4)cc32)c1-c1cc(CC2CCCCC2)ccn1. The molecule has 54 heavy (non-hydrogen) atoms. The van der Waals surface area contributed by atoms with E-state index in [9.17, 15) is 0 Å². The van der Waals surface area contributed by atoms with Crippen molar-refractivity contribution < 1.29 is 25.9 Å². The van der Waals surface area contributed by atoms with Gasteiger partial charge in [-0.05, 0) is 77.0 Å². The van der Waals surface area contributed by atoms with Gasteiger partial charge in [-0.2, -0.15) is 0 Å². The van der Waals surface area contributed by atoms with Gasteiger partial charge in [0.25, 0.3) is 0 Å². The summed E-state index contributed by atoms with van der Waals surface area (Å²) in [5, 5.41) is 3.60. The molecule has 0 N–H and O–H groups in total. The van der Waals surface area contributed by atoms with Gasteiger partial charge in [-0.15, -0.1) is 54.1 Å². The minimum absolute atomic E-state index is 0. The van der Waals surface area contributed by atoms with E-state index in [4.69, 9.17) is 15.8 Å². The molecular weight excluding hydrogens is 853 g/mol. The van der Waals surface area contributed by atoms with Crippen LogP contribution in [-0.2, 0) is 26.5 Å². The summed E-state index contributed by atoms with van der Waals surface area (Å²) in [6.07, 6.45) is 16.3. The maximum Gasteiger partial charge on any atom is 0.120 e. The second kappa shape index (κ2) is 17.1. The molecule has 0 bridgehead atoms. The number of fused-ring (bicyclic) bond motifs is 3. The minimum atomic E-state index is -1.51. The zero-order valence-corrected chi connectivity index (χ0v) is 35.1. The van der Waals surface area contributed by atoms with E-state index in [0.29, 0.717) is 0 Å². The first kappa shape index (κ1) is 36.8. The number of furan rings is 1. The normalized spacial score (nSPS) is 16.0. The van der Waals surface area contributed by atoms with Gasteiger partial charge in [-0.1, -0.05) is 135 Å². The van der Waals surface area contributed by atoms with Crippen LogP contribution >= 0.6 is 0 Å². The molecule has 4 aromatic carbocycles. The number of aromatic nitrogens is 2. The van der Waals surface area contributed by atoms with Crippen molar-refractivity contribution in [3.63, 3.8) is 0 Å². The molecule has 0 unspecified atom stereocenters. The minimum Gasteiger partial charge on any atom is -0.501 e. The van der Waals surface area contributed by atoms with Crippen LogP contribution in [0.5, 0.6) is 0 Å². The Labute approximate surface area is 337 Å². The van der Waals surface area contributed by atoms with Crippen molar-refractivity contribution >= 4 is 35.2 Å². The fourth-order valence-electron chi connectivity index (χ4n) is 8.32. The van der Waals surface area contributed by atoms with Gasteiger partial charge in [0.1, 0.15) is 5.58 Å². The van der Waals surface area contributed by atoms with Gasteiger partial charge in [0.05, 0.1) is 13.7 Å².